The first-order valence-corrected chi connectivity index (χ1v) is 13.1. The molecule has 1 amide bonds. The lowest BCUT2D eigenvalue weighted by atomic mass is 9.85. The number of Topliss-reactive ketones (excluding diaryl/α,β-unsaturated/α-hetero) is 1. The molecule has 1 unspecified atom stereocenters. The van der Waals surface area contributed by atoms with Gasteiger partial charge in [0.1, 0.15) is 17.3 Å². The van der Waals surface area contributed by atoms with E-state index < -0.39 is 17.7 Å². The van der Waals surface area contributed by atoms with Gasteiger partial charge in [-0.25, -0.2) is 0 Å². The number of ether oxygens (including phenoxy) is 2. The van der Waals surface area contributed by atoms with Gasteiger partial charge in [0.05, 0.1) is 31.4 Å². The Morgan fingerprint density at radius 2 is 1.56 bits per heavy atom. The van der Waals surface area contributed by atoms with Crippen LogP contribution >= 0.6 is 0 Å². The maximum atomic E-state index is 13.5. The van der Waals surface area contributed by atoms with Crippen molar-refractivity contribution in [2.45, 2.75) is 52.5 Å². The molecular formula is C33H37NO5. The number of hydrogen-bond acceptors (Lipinski definition) is 5. The van der Waals surface area contributed by atoms with Crippen molar-refractivity contribution in [2.24, 2.45) is 0 Å². The first-order valence-electron chi connectivity index (χ1n) is 13.1. The van der Waals surface area contributed by atoms with Gasteiger partial charge in [-0.05, 0) is 71.7 Å². The van der Waals surface area contributed by atoms with Crippen molar-refractivity contribution in [3.05, 3.63) is 99.6 Å². The van der Waals surface area contributed by atoms with E-state index in [9.17, 15) is 14.7 Å². The number of hydrogen-bond donors (Lipinski definition) is 1. The SMILES string of the molecule is COc1ccc(CCN2C(=O)C(=O)/C(=C(/O)c3cc(C)cc(C)c3OC)C2c2ccc(C(C)(C)C)cc2)cc1. The molecule has 0 bridgehead atoms. The van der Waals surface area contributed by atoms with E-state index in [0.29, 0.717) is 24.3 Å². The van der Waals surface area contributed by atoms with Crippen molar-refractivity contribution in [1.82, 2.24) is 4.90 Å². The standard InChI is InChI=1S/C33H37NO5/c1-20-18-21(2)31(39-7)26(19-20)29(35)27-28(23-10-12-24(13-11-23)33(3,4)5)34(32(37)30(27)36)17-16-22-8-14-25(38-6)15-9-22/h8-15,18-19,28,35H,16-17H2,1-7H3/b29-27+. The predicted octanol–water partition coefficient (Wildman–Crippen LogP) is 6.28. The Hall–Kier alpha value is -4.06. The maximum Gasteiger partial charge on any atom is 0.295 e. The molecule has 1 aliphatic rings. The molecule has 1 saturated heterocycles. The smallest absolute Gasteiger partial charge is 0.295 e. The molecule has 204 valence electrons. The van der Waals surface area contributed by atoms with Gasteiger partial charge < -0.3 is 19.5 Å². The fourth-order valence-corrected chi connectivity index (χ4v) is 5.21. The number of aryl methyl sites for hydroxylation is 2. The maximum absolute atomic E-state index is 13.5. The molecule has 1 atom stereocenters. The van der Waals surface area contributed by atoms with Crippen molar-refractivity contribution in [3.8, 4) is 11.5 Å². The minimum atomic E-state index is -0.734. The lowest BCUT2D eigenvalue weighted by Gasteiger charge is -2.27. The van der Waals surface area contributed by atoms with Gasteiger partial charge in [0.25, 0.3) is 11.7 Å². The van der Waals surface area contributed by atoms with E-state index in [4.69, 9.17) is 9.47 Å². The molecule has 39 heavy (non-hydrogen) atoms. The largest absolute Gasteiger partial charge is 0.507 e. The van der Waals surface area contributed by atoms with Crippen molar-refractivity contribution in [2.75, 3.05) is 20.8 Å². The predicted molar refractivity (Wildman–Crippen MR) is 153 cm³/mol. The third-order valence-corrected chi connectivity index (χ3v) is 7.31. The van der Waals surface area contributed by atoms with Crippen LogP contribution in [0.5, 0.6) is 11.5 Å². The number of rotatable bonds is 7. The molecule has 1 N–H and O–H groups in total. The van der Waals surface area contributed by atoms with Crippen LogP contribution in [0.1, 0.15) is 60.2 Å². The van der Waals surface area contributed by atoms with Gasteiger partial charge in [0.2, 0.25) is 0 Å². The van der Waals surface area contributed by atoms with Gasteiger partial charge in [0, 0.05) is 6.54 Å². The summed E-state index contributed by atoms with van der Waals surface area (Å²) in [7, 11) is 3.15. The minimum absolute atomic E-state index is 0.0544. The molecular weight excluding hydrogens is 490 g/mol. The Bertz CT molecular complexity index is 1410. The molecule has 0 aliphatic carbocycles. The molecule has 6 heteroatoms. The number of carbonyl (C=O) groups excluding carboxylic acids is 2. The van der Waals surface area contributed by atoms with Crippen LogP contribution in [0.4, 0.5) is 0 Å². The quantitative estimate of drug-likeness (QED) is 0.222. The van der Waals surface area contributed by atoms with Crippen LogP contribution in [-0.2, 0) is 21.4 Å². The Kier molecular flexibility index (Phi) is 7.86. The summed E-state index contributed by atoms with van der Waals surface area (Å²) in [5.41, 5.74) is 5.07. The molecule has 0 spiro atoms. The second-order valence-corrected chi connectivity index (χ2v) is 11.1. The highest BCUT2D eigenvalue weighted by molar-refractivity contribution is 6.46. The van der Waals surface area contributed by atoms with Crippen molar-refractivity contribution in [3.63, 3.8) is 0 Å². The number of amides is 1. The molecule has 4 rings (SSSR count). The van der Waals surface area contributed by atoms with Gasteiger partial charge in [-0.1, -0.05) is 63.2 Å². The van der Waals surface area contributed by atoms with Crippen LogP contribution in [0, 0.1) is 13.8 Å². The van der Waals surface area contributed by atoms with Crippen LogP contribution < -0.4 is 9.47 Å². The van der Waals surface area contributed by atoms with E-state index >= 15 is 0 Å². The number of carbonyl (C=O) groups is 2. The minimum Gasteiger partial charge on any atom is -0.507 e. The van der Waals surface area contributed by atoms with E-state index in [2.05, 4.69) is 20.8 Å². The molecule has 0 aromatic heterocycles. The molecule has 1 aliphatic heterocycles. The summed E-state index contributed by atoms with van der Waals surface area (Å²) in [5, 5.41) is 11.6. The number of aliphatic hydroxyl groups excluding tert-OH is 1. The average Bonchev–Trinajstić information content (AvgIpc) is 3.16. The molecule has 3 aromatic rings. The van der Waals surface area contributed by atoms with Crippen molar-refractivity contribution in [1.29, 1.82) is 0 Å². The van der Waals surface area contributed by atoms with Crippen LogP contribution in [0.3, 0.4) is 0 Å². The Morgan fingerprint density at radius 1 is 0.923 bits per heavy atom. The summed E-state index contributed by atoms with van der Waals surface area (Å²) < 4.78 is 10.9. The molecule has 0 saturated carbocycles. The number of aliphatic hydroxyl groups is 1. The first-order chi connectivity index (χ1) is 18.5. The molecule has 3 aromatic carbocycles. The van der Waals surface area contributed by atoms with Gasteiger partial charge in [0.15, 0.2) is 0 Å². The molecule has 6 nitrogen and oxygen atoms in total. The zero-order chi connectivity index (χ0) is 28.5. The Balaban J connectivity index is 1.83. The zero-order valence-corrected chi connectivity index (χ0v) is 23.8. The summed E-state index contributed by atoms with van der Waals surface area (Å²) in [4.78, 5) is 28.6. The highest BCUT2D eigenvalue weighted by atomic mass is 16.5. The fraction of sp³-hybridized carbons (Fsp3) is 0.333. The number of benzene rings is 3. The van der Waals surface area contributed by atoms with Gasteiger partial charge in [-0.2, -0.15) is 0 Å². The van der Waals surface area contributed by atoms with Crippen LogP contribution in [0.2, 0.25) is 0 Å². The highest BCUT2D eigenvalue weighted by Crippen LogP contribution is 2.42. The molecule has 1 heterocycles. The second kappa shape index (κ2) is 11.0. The van der Waals surface area contributed by atoms with E-state index in [1.807, 2.05) is 68.4 Å². The second-order valence-electron chi connectivity index (χ2n) is 11.1. The topological polar surface area (TPSA) is 76.1 Å². The third kappa shape index (κ3) is 5.56. The van der Waals surface area contributed by atoms with Crippen LogP contribution in [0.15, 0.2) is 66.2 Å². The summed E-state index contributed by atoms with van der Waals surface area (Å²) in [6.45, 7) is 10.5. The summed E-state index contributed by atoms with van der Waals surface area (Å²) >= 11 is 0. The third-order valence-electron chi connectivity index (χ3n) is 7.31. The summed E-state index contributed by atoms with van der Waals surface area (Å²) in [6.07, 6.45) is 0.542. The number of methoxy groups -OCH3 is 2. The van der Waals surface area contributed by atoms with Crippen molar-refractivity contribution < 1.29 is 24.2 Å². The van der Waals surface area contributed by atoms with E-state index in [0.717, 1.165) is 33.6 Å². The van der Waals surface area contributed by atoms with Gasteiger partial charge in [-0.15, -0.1) is 0 Å². The Morgan fingerprint density at radius 3 is 2.13 bits per heavy atom. The number of likely N-dealkylation sites (tertiary alicyclic amines) is 1. The first kappa shape index (κ1) is 28.0. The number of ketones is 1. The van der Waals surface area contributed by atoms with E-state index in [-0.39, 0.29) is 16.7 Å². The fourth-order valence-electron chi connectivity index (χ4n) is 5.21. The summed E-state index contributed by atoms with van der Waals surface area (Å²) in [5.74, 6) is -0.328. The van der Waals surface area contributed by atoms with E-state index in [1.165, 1.54) is 7.11 Å². The number of nitrogens with zero attached hydrogens (tertiary/aromatic N) is 1. The van der Waals surface area contributed by atoms with Crippen LogP contribution in [-0.4, -0.2) is 42.5 Å². The normalized spacial score (nSPS) is 17.0. The Labute approximate surface area is 230 Å². The van der Waals surface area contributed by atoms with E-state index in [1.54, 1.807) is 18.1 Å². The van der Waals surface area contributed by atoms with Gasteiger partial charge in [-0.3, -0.25) is 9.59 Å². The highest BCUT2D eigenvalue weighted by Gasteiger charge is 2.46. The lowest BCUT2D eigenvalue weighted by molar-refractivity contribution is -0.139. The van der Waals surface area contributed by atoms with Crippen molar-refractivity contribution >= 4 is 17.4 Å². The average molecular weight is 528 g/mol. The molecule has 0 radical (unpaired) electrons. The monoisotopic (exact) mass is 527 g/mol. The van der Waals surface area contributed by atoms with Crippen LogP contribution in [0.25, 0.3) is 5.76 Å². The van der Waals surface area contributed by atoms with Gasteiger partial charge >= 0.3 is 0 Å². The molecule has 1 fully saturated rings. The zero-order valence-electron chi connectivity index (χ0n) is 23.8. The summed E-state index contributed by atoms with van der Waals surface area (Å²) in [6, 6.07) is 18.6. The lowest BCUT2D eigenvalue weighted by Crippen LogP contribution is -2.31.